The standard InChI is InChI=1S/C18H25N5O2S/c1-13-14-11-15(26-18(14)20(2)19-13)17(25)23-9-7-21(8-10-23)12-16(24)22-5-3-4-6-22/h11H,3-10,12H2,1-2H3. The highest BCUT2D eigenvalue weighted by Crippen LogP contribution is 2.28. The predicted molar refractivity (Wildman–Crippen MR) is 101 cm³/mol. The number of rotatable bonds is 3. The molecule has 2 saturated heterocycles. The molecule has 2 aromatic heterocycles. The molecule has 0 bridgehead atoms. The molecular formula is C18H25N5O2S. The van der Waals surface area contributed by atoms with Crippen LogP contribution in [0, 0.1) is 6.92 Å². The second kappa shape index (κ2) is 7.00. The van der Waals surface area contributed by atoms with Gasteiger partial charge in [0.25, 0.3) is 5.91 Å². The largest absolute Gasteiger partial charge is 0.342 e. The highest BCUT2D eigenvalue weighted by molar-refractivity contribution is 7.20. The first-order chi connectivity index (χ1) is 12.5. The molecule has 0 radical (unpaired) electrons. The number of piperazine rings is 1. The monoisotopic (exact) mass is 375 g/mol. The van der Waals surface area contributed by atoms with Gasteiger partial charge in [0.2, 0.25) is 5.91 Å². The van der Waals surface area contributed by atoms with Gasteiger partial charge in [-0.2, -0.15) is 5.10 Å². The number of aryl methyl sites for hydroxylation is 2. The molecule has 0 N–H and O–H groups in total. The molecule has 4 rings (SSSR count). The Morgan fingerprint density at radius 3 is 2.42 bits per heavy atom. The number of fused-ring (bicyclic) bond motifs is 1. The number of likely N-dealkylation sites (tertiary alicyclic amines) is 1. The molecule has 0 saturated carbocycles. The lowest BCUT2D eigenvalue weighted by molar-refractivity contribution is -0.131. The molecule has 26 heavy (non-hydrogen) atoms. The molecule has 7 nitrogen and oxygen atoms in total. The summed E-state index contributed by atoms with van der Waals surface area (Å²) in [7, 11) is 1.91. The summed E-state index contributed by atoms with van der Waals surface area (Å²) in [4.78, 5) is 33.0. The Bertz CT molecular complexity index is 794. The number of thiophene rings is 1. The molecule has 0 atom stereocenters. The van der Waals surface area contributed by atoms with Gasteiger partial charge in [-0.15, -0.1) is 11.3 Å². The maximum absolute atomic E-state index is 12.8. The third-order valence-electron chi connectivity index (χ3n) is 5.38. The van der Waals surface area contributed by atoms with Crippen LogP contribution in [-0.2, 0) is 11.8 Å². The van der Waals surface area contributed by atoms with E-state index in [-0.39, 0.29) is 11.8 Å². The second-order valence-electron chi connectivity index (χ2n) is 7.19. The van der Waals surface area contributed by atoms with Gasteiger partial charge in [0.15, 0.2) is 0 Å². The molecule has 0 spiro atoms. The molecule has 0 aromatic carbocycles. The molecule has 0 aliphatic carbocycles. The van der Waals surface area contributed by atoms with E-state index in [2.05, 4.69) is 10.00 Å². The summed E-state index contributed by atoms with van der Waals surface area (Å²) in [6, 6.07) is 1.97. The van der Waals surface area contributed by atoms with E-state index in [1.165, 1.54) is 11.3 Å². The molecule has 8 heteroatoms. The maximum Gasteiger partial charge on any atom is 0.264 e. The Balaban J connectivity index is 1.35. The van der Waals surface area contributed by atoms with Crippen LogP contribution in [0.2, 0.25) is 0 Å². The number of hydrogen-bond donors (Lipinski definition) is 0. The number of carbonyl (C=O) groups excluding carboxylic acids is 2. The average molecular weight is 375 g/mol. The van der Waals surface area contributed by atoms with Crippen molar-refractivity contribution in [3.8, 4) is 0 Å². The molecule has 2 aliphatic rings. The summed E-state index contributed by atoms with van der Waals surface area (Å²) in [6.45, 7) is 7.13. The van der Waals surface area contributed by atoms with Crippen molar-refractivity contribution in [2.75, 3.05) is 45.8 Å². The topological polar surface area (TPSA) is 61.7 Å². The summed E-state index contributed by atoms with van der Waals surface area (Å²) < 4.78 is 1.84. The lowest BCUT2D eigenvalue weighted by atomic mass is 10.2. The molecule has 140 valence electrons. The van der Waals surface area contributed by atoms with Gasteiger partial charge in [-0.1, -0.05) is 0 Å². The molecule has 0 unspecified atom stereocenters. The Hall–Kier alpha value is -1.93. The number of hydrogen-bond acceptors (Lipinski definition) is 5. The van der Waals surface area contributed by atoms with Gasteiger partial charge in [-0.25, -0.2) is 0 Å². The van der Waals surface area contributed by atoms with Crippen LogP contribution < -0.4 is 0 Å². The fourth-order valence-electron chi connectivity index (χ4n) is 3.83. The molecule has 2 fully saturated rings. The Morgan fingerprint density at radius 2 is 1.77 bits per heavy atom. The molecular weight excluding hydrogens is 350 g/mol. The van der Waals surface area contributed by atoms with Crippen LogP contribution in [-0.4, -0.2) is 82.1 Å². The van der Waals surface area contributed by atoms with Crippen LogP contribution in [0.25, 0.3) is 10.2 Å². The minimum absolute atomic E-state index is 0.0936. The number of amides is 2. The molecule has 2 amide bonds. The zero-order chi connectivity index (χ0) is 18.3. The van der Waals surface area contributed by atoms with Gasteiger partial charge in [0.1, 0.15) is 4.83 Å². The van der Waals surface area contributed by atoms with E-state index in [1.807, 2.05) is 34.5 Å². The Labute approximate surface area is 157 Å². The fraction of sp³-hybridized carbons (Fsp3) is 0.611. The third kappa shape index (κ3) is 3.23. The fourth-order valence-corrected chi connectivity index (χ4v) is 4.92. The summed E-state index contributed by atoms with van der Waals surface area (Å²) in [5, 5.41) is 5.46. The van der Waals surface area contributed by atoms with Crippen molar-refractivity contribution in [1.29, 1.82) is 0 Å². The van der Waals surface area contributed by atoms with E-state index in [4.69, 9.17) is 0 Å². The average Bonchev–Trinajstić information content (AvgIpc) is 3.35. The number of nitrogens with zero attached hydrogens (tertiary/aromatic N) is 5. The summed E-state index contributed by atoms with van der Waals surface area (Å²) in [5.41, 5.74) is 0.961. The van der Waals surface area contributed by atoms with Crippen molar-refractivity contribution in [1.82, 2.24) is 24.5 Å². The maximum atomic E-state index is 12.8. The van der Waals surface area contributed by atoms with Gasteiger partial charge >= 0.3 is 0 Å². The van der Waals surface area contributed by atoms with E-state index < -0.39 is 0 Å². The first-order valence-electron chi connectivity index (χ1n) is 9.25. The lowest BCUT2D eigenvalue weighted by Crippen LogP contribution is -2.51. The van der Waals surface area contributed by atoms with Crippen molar-refractivity contribution in [2.24, 2.45) is 7.05 Å². The van der Waals surface area contributed by atoms with Gasteiger partial charge in [-0.3, -0.25) is 19.2 Å². The normalized spacial score (nSPS) is 18.8. The summed E-state index contributed by atoms with van der Waals surface area (Å²) in [6.07, 6.45) is 2.25. The minimum atomic E-state index is 0.0936. The van der Waals surface area contributed by atoms with Crippen molar-refractivity contribution in [3.05, 3.63) is 16.6 Å². The van der Waals surface area contributed by atoms with Crippen LogP contribution in [0.5, 0.6) is 0 Å². The van der Waals surface area contributed by atoms with E-state index in [9.17, 15) is 9.59 Å². The smallest absolute Gasteiger partial charge is 0.264 e. The first-order valence-corrected chi connectivity index (χ1v) is 10.1. The SMILES string of the molecule is Cc1nn(C)c2sc(C(=O)N3CCN(CC(=O)N4CCCC4)CC3)cc12. The van der Waals surface area contributed by atoms with Gasteiger partial charge in [0, 0.05) is 51.7 Å². The summed E-state index contributed by atoms with van der Waals surface area (Å²) >= 11 is 1.51. The highest BCUT2D eigenvalue weighted by atomic mass is 32.1. The van der Waals surface area contributed by atoms with Crippen molar-refractivity contribution >= 4 is 33.4 Å². The van der Waals surface area contributed by atoms with E-state index >= 15 is 0 Å². The quantitative estimate of drug-likeness (QED) is 0.812. The van der Waals surface area contributed by atoms with Crippen molar-refractivity contribution in [3.63, 3.8) is 0 Å². The van der Waals surface area contributed by atoms with Gasteiger partial charge < -0.3 is 9.80 Å². The van der Waals surface area contributed by atoms with Crippen LogP contribution in [0.3, 0.4) is 0 Å². The first kappa shape index (κ1) is 17.5. The van der Waals surface area contributed by atoms with Crippen LogP contribution in [0.15, 0.2) is 6.07 Å². The number of aromatic nitrogens is 2. The minimum Gasteiger partial charge on any atom is -0.342 e. The zero-order valence-corrected chi connectivity index (χ0v) is 16.2. The van der Waals surface area contributed by atoms with Gasteiger partial charge in [0.05, 0.1) is 17.1 Å². The molecule has 2 aromatic rings. The third-order valence-corrected chi connectivity index (χ3v) is 6.57. The summed E-state index contributed by atoms with van der Waals surface area (Å²) in [5.74, 6) is 0.325. The van der Waals surface area contributed by atoms with Crippen LogP contribution >= 0.6 is 11.3 Å². The van der Waals surface area contributed by atoms with Gasteiger partial charge in [-0.05, 0) is 25.8 Å². The lowest BCUT2D eigenvalue weighted by Gasteiger charge is -2.34. The van der Waals surface area contributed by atoms with Crippen LogP contribution in [0.4, 0.5) is 0 Å². The molecule has 2 aliphatic heterocycles. The second-order valence-corrected chi connectivity index (χ2v) is 8.23. The van der Waals surface area contributed by atoms with Crippen molar-refractivity contribution < 1.29 is 9.59 Å². The Morgan fingerprint density at radius 1 is 1.08 bits per heavy atom. The van der Waals surface area contributed by atoms with Crippen molar-refractivity contribution in [2.45, 2.75) is 19.8 Å². The zero-order valence-electron chi connectivity index (χ0n) is 15.4. The van der Waals surface area contributed by atoms with E-state index in [1.54, 1.807) is 0 Å². The number of carbonyl (C=O) groups is 2. The predicted octanol–water partition coefficient (Wildman–Crippen LogP) is 1.32. The molecule has 4 heterocycles. The van der Waals surface area contributed by atoms with E-state index in [0.29, 0.717) is 19.6 Å². The highest BCUT2D eigenvalue weighted by Gasteiger charge is 2.27. The Kier molecular flexibility index (Phi) is 4.71. The van der Waals surface area contributed by atoms with Crippen LogP contribution in [0.1, 0.15) is 28.2 Å². The van der Waals surface area contributed by atoms with E-state index in [0.717, 1.165) is 59.8 Å².